The van der Waals surface area contributed by atoms with Crippen LogP contribution < -0.4 is 10.1 Å². The van der Waals surface area contributed by atoms with E-state index in [2.05, 4.69) is 36.4 Å². The topological polar surface area (TPSA) is 79.9 Å². The van der Waals surface area contributed by atoms with Crippen LogP contribution in [-0.2, 0) is 4.79 Å². The maximum atomic E-state index is 12.2. The van der Waals surface area contributed by atoms with E-state index >= 15 is 0 Å². The third kappa shape index (κ3) is 4.90. The maximum absolute atomic E-state index is 12.2. The van der Waals surface area contributed by atoms with E-state index in [4.69, 9.17) is 4.74 Å². The molecular weight excluding hydrogens is 428 g/mol. The summed E-state index contributed by atoms with van der Waals surface area (Å²) in [5.74, 6) is 1.54. The predicted octanol–water partition coefficient (Wildman–Crippen LogP) is 4.59. The van der Waals surface area contributed by atoms with Crippen molar-refractivity contribution < 1.29 is 9.53 Å². The average Bonchev–Trinajstić information content (AvgIpc) is 3.13. The van der Waals surface area contributed by atoms with Crippen LogP contribution in [0.15, 0.2) is 46.0 Å². The van der Waals surface area contributed by atoms with Crippen LogP contribution in [0.3, 0.4) is 0 Å². The van der Waals surface area contributed by atoms with Crippen LogP contribution in [0.1, 0.15) is 11.1 Å². The fourth-order valence-electron chi connectivity index (χ4n) is 2.38. The van der Waals surface area contributed by atoms with Crippen molar-refractivity contribution in [3.05, 3.63) is 52.0 Å². The molecule has 6 nitrogen and oxygen atoms in total. The van der Waals surface area contributed by atoms with Gasteiger partial charge >= 0.3 is 0 Å². The number of hydrogen-bond donors (Lipinski definition) is 2. The van der Waals surface area contributed by atoms with Gasteiger partial charge in [0.05, 0.1) is 18.6 Å². The second-order valence-electron chi connectivity index (χ2n) is 5.95. The van der Waals surface area contributed by atoms with Gasteiger partial charge in [0, 0.05) is 10.0 Å². The molecule has 2 N–H and O–H groups in total. The zero-order valence-electron chi connectivity index (χ0n) is 15.2. The normalized spacial score (nSPS) is 10.7. The quantitative estimate of drug-likeness (QED) is 0.541. The van der Waals surface area contributed by atoms with Gasteiger partial charge in [0.25, 0.3) is 0 Å². The van der Waals surface area contributed by atoms with Crippen molar-refractivity contribution in [1.29, 1.82) is 0 Å². The van der Waals surface area contributed by atoms with Gasteiger partial charge in [0.1, 0.15) is 5.75 Å². The Hall–Kier alpha value is -2.32. The van der Waals surface area contributed by atoms with E-state index in [1.807, 2.05) is 50.2 Å². The molecule has 0 saturated heterocycles. The molecule has 0 atom stereocenters. The van der Waals surface area contributed by atoms with Gasteiger partial charge in [-0.05, 0) is 77.3 Å². The average molecular weight is 447 g/mol. The van der Waals surface area contributed by atoms with Crippen molar-refractivity contribution in [1.82, 2.24) is 15.2 Å². The van der Waals surface area contributed by atoms with Gasteiger partial charge in [-0.15, -0.1) is 5.10 Å². The number of hydrogen-bond acceptors (Lipinski definition) is 5. The van der Waals surface area contributed by atoms with Crippen molar-refractivity contribution in [2.24, 2.45) is 0 Å². The molecule has 2 aromatic carbocycles. The molecule has 1 heterocycles. The summed E-state index contributed by atoms with van der Waals surface area (Å²) in [5.41, 5.74) is 3.96. The number of carbonyl (C=O) groups is 1. The lowest BCUT2D eigenvalue weighted by atomic mass is 10.1. The first kappa shape index (κ1) is 19.4. The van der Waals surface area contributed by atoms with E-state index in [-0.39, 0.29) is 11.7 Å². The number of nitrogens with one attached hydrogen (secondary N) is 2. The minimum absolute atomic E-state index is 0.111. The van der Waals surface area contributed by atoms with Crippen molar-refractivity contribution in [2.45, 2.75) is 19.0 Å². The Morgan fingerprint density at radius 3 is 2.63 bits per heavy atom. The number of amides is 1. The molecule has 27 heavy (non-hydrogen) atoms. The molecule has 0 unspecified atom stereocenters. The number of H-pyrrole nitrogens is 1. The number of aryl methyl sites for hydroxylation is 2. The van der Waals surface area contributed by atoms with E-state index in [0.29, 0.717) is 11.0 Å². The molecule has 0 aliphatic heterocycles. The minimum atomic E-state index is -0.111. The molecule has 0 spiro atoms. The highest BCUT2D eigenvalue weighted by Gasteiger charge is 2.11. The number of thioether (sulfide) groups is 1. The van der Waals surface area contributed by atoms with E-state index in [1.165, 1.54) is 17.3 Å². The Balaban J connectivity index is 1.59. The zero-order valence-corrected chi connectivity index (χ0v) is 17.6. The molecule has 0 radical (unpaired) electrons. The number of methoxy groups -OCH3 is 1. The third-order valence-corrected chi connectivity index (χ3v) is 5.52. The third-order valence-electron chi connectivity index (χ3n) is 4.02. The van der Waals surface area contributed by atoms with E-state index in [9.17, 15) is 4.79 Å². The number of carbonyl (C=O) groups excluding carboxylic acids is 1. The molecule has 1 amide bonds. The summed E-state index contributed by atoms with van der Waals surface area (Å²) in [6.07, 6.45) is 0. The summed E-state index contributed by atoms with van der Waals surface area (Å²) in [4.78, 5) is 16.7. The van der Waals surface area contributed by atoms with Gasteiger partial charge < -0.3 is 10.1 Å². The van der Waals surface area contributed by atoms with Gasteiger partial charge in [-0.3, -0.25) is 9.89 Å². The van der Waals surface area contributed by atoms with Crippen LogP contribution in [0.2, 0.25) is 0 Å². The lowest BCUT2D eigenvalue weighted by Gasteiger charge is -2.09. The Labute approximate surface area is 170 Å². The summed E-state index contributed by atoms with van der Waals surface area (Å²) in [7, 11) is 1.62. The van der Waals surface area contributed by atoms with Crippen molar-refractivity contribution in [3.63, 3.8) is 0 Å². The molecule has 8 heteroatoms. The van der Waals surface area contributed by atoms with Crippen molar-refractivity contribution >= 4 is 39.3 Å². The minimum Gasteiger partial charge on any atom is -0.497 e. The number of ether oxygens (including phenoxy) is 1. The Morgan fingerprint density at radius 1 is 1.22 bits per heavy atom. The molecule has 0 aliphatic carbocycles. The largest absolute Gasteiger partial charge is 0.497 e. The lowest BCUT2D eigenvalue weighted by Crippen LogP contribution is -2.14. The van der Waals surface area contributed by atoms with Gasteiger partial charge in [-0.2, -0.15) is 0 Å². The number of rotatable bonds is 6. The molecule has 0 aliphatic rings. The second-order valence-corrected chi connectivity index (χ2v) is 7.75. The highest BCUT2D eigenvalue weighted by atomic mass is 79.9. The molecular formula is C19H19BrN4O2S. The van der Waals surface area contributed by atoms with Gasteiger partial charge in [0.2, 0.25) is 11.1 Å². The fraction of sp³-hybridized carbons (Fsp3) is 0.211. The first-order valence-electron chi connectivity index (χ1n) is 8.22. The van der Waals surface area contributed by atoms with Gasteiger partial charge in [-0.1, -0.05) is 11.8 Å². The maximum Gasteiger partial charge on any atom is 0.234 e. The van der Waals surface area contributed by atoms with Crippen LogP contribution in [-0.4, -0.2) is 34.0 Å². The smallest absolute Gasteiger partial charge is 0.234 e. The van der Waals surface area contributed by atoms with Crippen LogP contribution in [0.25, 0.3) is 11.4 Å². The summed E-state index contributed by atoms with van der Waals surface area (Å²) >= 11 is 4.76. The van der Waals surface area contributed by atoms with Gasteiger partial charge in [0.15, 0.2) is 5.82 Å². The molecule has 0 fully saturated rings. The number of halogens is 1. The van der Waals surface area contributed by atoms with E-state index in [0.717, 1.165) is 27.0 Å². The SMILES string of the molecule is COc1ccc(-c2nc(SCC(=O)Nc3cc(C)c(C)cc3Br)n[nH]2)cc1. The van der Waals surface area contributed by atoms with Crippen molar-refractivity contribution in [2.75, 3.05) is 18.2 Å². The van der Waals surface area contributed by atoms with Crippen LogP contribution in [0.5, 0.6) is 5.75 Å². The zero-order chi connectivity index (χ0) is 19.4. The first-order chi connectivity index (χ1) is 13.0. The molecule has 0 bridgehead atoms. The summed E-state index contributed by atoms with van der Waals surface area (Å²) in [6, 6.07) is 11.5. The Kier molecular flexibility index (Phi) is 6.18. The Bertz CT molecular complexity index is 957. The predicted molar refractivity (Wildman–Crippen MR) is 111 cm³/mol. The van der Waals surface area contributed by atoms with Crippen LogP contribution in [0.4, 0.5) is 5.69 Å². The molecule has 3 aromatic rings. The van der Waals surface area contributed by atoms with E-state index in [1.54, 1.807) is 7.11 Å². The molecule has 140 valence electrons. The van der Waals surface area contributed by atoms with Gasteiger partial charge in [-0.25, -0.2) is 4.98 Å². The number of aromatic amines is 1. The summed E-state index contributed by atoms with van der Waals surface area (Å²) in [6.45, 7) is 4.05. The Morgan fingerprint density at radius 2 is 1.93 bits per heavy atom. The number of anilines is 1. The molecule has 0 saturated carbocycles. The highest BCUT2D eigenvalue weighted by molar-refractivity contribution is 9.10. The monoisotopic (exact) mass is 446 g/mol. The first-order valence-corrected chi connectivity index (χ1v) is 10.0. The lowest BCUT2D eigenvalue weighted by molar-refractivity contribution is -0.113. The van der Waals surface area contributed by atoms with E-state index < -0.39 is 0 Å². The standard InChI is InChI=1S/C19H19BrN4O2S/c1-11-8-15(20)16(9-12(11)2)21-17(25)10-27-19-22-18(23-24-19)13-4-6-14(26-3)7-5-13/h4-9H,10H2,1-3H3,(H,21,25)(H,22,23,24). The fourth-order valence-corrected chi connectivity index (χ4v) is 3.54. The van der Waals surface area contributed by atoms with Crippen LogP contribution in [0, 0.1) is 13.8 Å². The second kappa shape index (κ2) is 8.58. The number of aromatic nitrogens is 3. The van der Waals surface area contributed by atoms with Crippen LogP contribution >= 0.6 is 27.7 Å². The molecule has 1 aromatic heterocycles. The summed E-state index contributed by atoms with van der Waals surface area (Å²) < 4.78 is 6.01. The van der Waals surface area contributed by atoms with Crippen molar-refractivity contribution in [3.8, 4) is 17.1 Å². The number of benzene rings is 2. The summed E-state index contributed by atoms with van der Waals surface area (Å²) in [5, 5.41) is 10.5. The number of nitrogens with zero attached hydrogens (tertiary/aromatic N) is 2. The highest BCUT2D eigenvalue weighted by Crippen LogP contribution is 2.27. The molecule has 3 rings (SSSR count).